The fraction of sp³-hybridized carbons (Fsp3) is 0.485. The molecule has 0 bridgehead atoms. The number of thiophene rings is 1. The molecule has 1 amide bonds. The van der Waals surface area contributed by atoms with Crippen LogP contribution in [0.25, 0.3) is 0 Å². The third kappa shape index (κ3) is 7.12. The summed E-state index contributed by atoms with van der Waals surface area (Å²) in [5, 5.41) is 4.01. The zero-order valence-electron chi connectivity index (χ0n) is 25.4. The third-order valence-corrected chi connectivity index (χ3v) is 13.1. The van der Waals surface area contributed by atoms with E-state index in [9.17, 15) is 17.6 Å². The minimum atomic E-state index is -3.97. The lowest BCUT2D eigenvalue weighted by molar-refractivity contribution is 0.0947. The summed E-state index contributed by atoms with van der Waals surface area (Å²) >= 11 is 13.6. The van der Waals surface area contributed by atoms with Crippen molar-refractivity contribution in [2.75, 3.05) is 32.0 Å². The summed E-state index contributed by atoms with van der Waals surface area (Å²) < 4.78 is 41.9. The Morgan fingerprint density at radius 1 is 1.00 bits per heavy atom. The van der Waals surface area contributed by atoms with Crippen molar-refractivity contribution < 1.29 is 17.6 Å². The van der Waals surface area contributed by atoms with Crippen LogP contribution in [0.2, 0.25) is 10.0 Å². The number of benzene rings is 2. The molecular formula is C33H40Cl2FN3O3S2. The van der Waals surface area contributed by atoms with Crippen molar-refractivity contribution in [3.63, 3.8) is 0 Å². The average Bonchev–Trinajstić information content (AvgIpc) is 3.39. The second kappa shape index (κ2) is 14.1. The minimum absolute atomic E-state index is 0.0265. The number of anilines is 1. The highest BCUT2D eigenvalue weighted by Crippen LogP contribution is 2.43. The number of hydrogen-bond acceptors (Lipinski definition) is 5. The van der Waals surface area contributed by atoms with E-state index >= 15 is 0 Å². The predicted octanol–water partition coefficient (Wildman–Crippen LogP) is 8.13. The van der Waals surface area contributed by atoms with E-state index in [4.69, 9.17) is 23.2 Å². The molecule has 44 heavy (non-hydrogen) atoms. The van der Waals surface area contributed by atoms with Crippen LogP contribution in [-0.2, 0) is 22.9 Å². The van der Waals surface area contributed by atoms with Gasteiger partial charge in [-0.15, -0.1) is 11.3 Å². The Labute approximate surface area is 274 Å². The molecule has 2 aromatic carbocycles. The summed E-state index contributed by atoms with van der Waals surface area (Å²) in [6.45, 7) is 0.538. The molecule has 2 aliphatic rings. The average molecular weight is 681 g/mol. The van der Waals surface area contributed by atoms with E-state index < -0.39 is 10.0 Å². The SMILES string of the molecule is CN(C)C(c1ccc(F)cc1)C1CCC(CCNC(=O)c2c(N(C)S(=O)(=O)c3ccc(Cl)c(Cl)c3)sc3c2CCCC3)CC1. The molecule has 1 heterocycles. The molecular weight excluding hydrogens is 640 g/mol. The molecule has 0 radical (unpaired) electrons. The smallest absolute Gasteiger partial charge is 0.264 e. The van der Waals surface area contributed by atoms with E-state index in [1.165, 1.54) is 53.0 Å². The van der Waals surface area contributed by atoms with Crippen molar-refractivity contribution >= 4 is 55.5 Å². The molecule has 1 saturated carbocycles. The standard InChI is InChI=1S/C33H40Cl2FN3O3S2/c1-38(2)31(23-12-14-24(36)15-13-23)22-10-8-21(9-11-22)18-19-37-32(40)30-26-6-4-5-7-29(26)43-33(30)39(3)44(41,42)25-16-17-27(34)28(35)20-25/h12-17,20-22,31H,4-11,18-19H2,1-3H3,(H,37,40). The van der Waals surface area contributed by atoms with Crippen LogP contribution in [0.5, 0.6) is 0 Å². The highest BCUT2D eigenvalue weighted by atomic mass is 35.5. The lowest BCUT2D eigenvalue weighted by Gasteiger charge is -2.37. The molecule has 6 nitrogen and oxygen atoms in total. The van der Waals surface area contributed by atoms with Gasteiger partial charge in [-0.1, -0.05) is 48.2 Å². The summed E-state index contributed by atoms with van der Waals surface area (Å²) in [6.07, 6.45) is 8.80. The fourth-order valence-corrected chi connectivity index (χ4v) is 9.99. The highest BCUT2D eigenvalue weighted by Gasteiger charge is 2.33. The van der Waals surface area contributed by atoms with Crippen LogP contribution in [0.3, 0.4) is 0 Å². The summed E-state index contributed by atoms with van der Waals surface area (Å²) in [7, 11) is 1.70. The number of rotatable bonds is 10. The molecule has 238 valence electrons. The lowest BCUT2D eigenvalue weighted by Crippen LogP contribution is -2.32. The first-order chi connectivity index (χ1) is 21.0. The first-order valence-corrected chi connectivity index (χ1v) is 18.3. The Morgan fingerprint density at radius 3 is 2.34 bits per heavy atom. The second-order valence-electron chi connectivity index (χ2n) is 12.2. The number of sulfonamides is 1. The number of halogens is 3. The quantitative estimate of drug-likeness (QED) is 0.235. The van der Waals surface area contributed by atoms with Crippen LogP contribution < -0.4 is 9.62 Å². The van der Waals surface area contributed by atoms with Gasteiger partial charge >= 0.3 is 0 Å². The van der Waals surface area contributed by atoms with Gasteiger partial charge in [-0.05, 0) is 112 Å². The van der Waals surface area contributed by atoms with Crippen LogP contribution in [0.1, 0.15) is 77.3 Å². The first kappa shape index (κ1) is 33.2. The number of amides is 1. The van der Waals surface area contributed by atoms with Crippen molar-refractivity contribution in [1.82, 2.24) is 10.2 Å². The van der Waals surface area contributed by atoms with Crippen molar-refractivity contribution in [2.24, 2.45) is 11.8 Å². The lowest BCUT2D eigenvalue weighted by atomic mass is 9.75. The normalized spacial score (nSPS) is 19.4. The van der Waals surface area contributed by atoms with Gasteiger partial charge < -0.3 is 10.2 Å². The van der Waals surface area contributed by atoms with Crippen LogP contribution in [0, 0.1) is 17.7 Å². The second-order valence-corrected chi connectivity index (χ2v) is 16.1. The van der Waals surface area contributed by atoms with Crippen LogP contribution in [-0.4, -0.2) is 46.9 Å². The topological polar surface area (TPSA) is 69.7 Å². The Balaban J connectivity index is 1.24. The summed E-state index contributed by atoms with van der Waals surface area (Å²) in [6, 6.07) is 11.4. The molecule has 3 aromatic rings. The fourth-order valence-electron chi connectivity index (χ4n) is 6.83. The molecule has 0 saturated heterocycles. The van der Waals surface area contributed by atoms with E-state index in [0.717, 1.165) is 73.8 Å². The zero-order valence-corrected chi connectivity index (χ0v) is 28.6. The summed E-state index contributed by atoms with van der Waals surface area (Å²) in [5.74, 6) is 0.574. The maximum absolute atomic E-state index is 13.7. The van der Waals surface area contributed by atoms with Gasteiger partial charge in [0.2, 0.25) is 0 Å². The number of nitrogens with zero attached hydrogens (tertiary/aromatic N) is 2. The molecule has 1 fully saturated rings. The van der Waals surface area contributed by atoms with Gasteiger partial charge in [0.05, 0.1) is 20.5 Å². The molecule has 2 aliphatic carbocycles. The summed E-state index contributed by atoms with van der Waals surface area (Å²) in [5.41, 5.74) is 2.60. The summed E-state index contributed by atoms with van der Waals surface area (Å²) in [4.78, 5) is 17.1. The van der Waals surface area contributed by atoms with Crippen molar-refractivity contribution in [3.05, 3.63) is 79.9 Å². The van der Waals surface area contributed by atoms with E-state index in [1.807, 2.05) is 12.1 Å². The number of fused-ring (bicyclic) bond motifs is 1. The molecule has 1 unspecified atom stereocenters. The number of carbonyl (C=O) groups is 1. The maximum atomic E-state index is 13.7. The molecule has 1 atom stereocenters. The van der Waals surface area contributed by atoms with Gasteiger partial charge in [0.25, 0.3) is 15.9 Å². The minimum Gasteiger partial charge on any atom is -0.352 e. The molecule has 1 N–H and O–H groups in total. The maximum Gasteiger partial charge on any atom is 0.264 e. The Bertz CT molecular complexity index is 1590. The molecule has 11 heteroatoms. The van der Waals surface area contributed by atoms with Gasteiger partial charge in [-0.3, -0.25) is 9.10 Å². The van der Waals surface area contributed by atoms with E-state index in [0.29, 0.717) is 28.9 Å². The monoisotopic (exact) mass is 679 g/mol. The number of nitrogens with one attached hydrogen (secondary N) is 1. The molecule has 5 rings (SSSR count). The van der Waals surface area contributed by atoms with Gasteiger partial charge in [0.15, 0.2) is 0 Å². The Hall–Kier alpha value is -2.17. The molecule has 0 spiro atoms. The Kier molecular flexibility index (Phi) is 10.6. The first-order valence-electron chi connectivity index (χ1n) is 15.3. The number of aryl methyl sites for hydroxylation is 1. The number of carbonyl (C=O) groups excluding carboxylic acids is 1. The van der Waals surface area contributed by atoms with Crippen LogP contribution in [0.15, 0.2) is 47.4 Å². The van der Waals surface area contributed by atoms with Crippen molar-refractivity contribution in [3.8, 4) is 0 Å². The van der Waals surface area contributed by atoms with Crippen molar-refractivity contribution in [2.45, 2.75) is 68.7 Å². The zero-order chi connectivity index (χ0) is 31.6. The van der Waals surface area contributed by atoms with Crippen molar-refractivity contribution in [1.29, 1.82) is 0 Å². The number of hydrogen-bond donors (Lipinski definition) is 1. The molecule has 1 aromatic heterocycles. The van der Waals surface area contributed by atoms with E-state index in [2.05, 4.69) is 24.3 Å². The van der Waals surface area contributed by atoms with E-state index in [-0.39, 0.29) is 32.7 Å². The van der Waals surface area contributed by atoms with Gasteiger partial charge in [0.1, 0.15) is 10.8 Å². The van der Waals surface area contributed by atoms with Gasteiger partial charge in [0, 0.05) is 24.5 Å². The van der Waals surface area contributed by atoms with Gasteiger partial charge in [-0.25, -0.2) is 12.8 Å². The van der Waals surface area contributed by atoms with Crippen LogP contribution >= 0.6 is 34.5 Å². The largest absolute Gasteiger partial charge is 0.352 e. The van der Waals surface area contributed by atoms with E-state index in [1.54, 1.807) is 0 Å². The highest BCUT2D eigenvalue weighted by molar-refractivity contribution is 7.93. The third-order valence-electron chi connectivity index (χ3n) is 9.16. The van der Waals surface area contributed by atoms with Crippen LogP contribution in [0.4, 0.5) is 9.39 Å². The van der Waals surface area contributed by atoms with Gasteiger partial charge in [-0.2, -0.15) is 0 Å². The molecule has 0 aliphatic heterocycles. The predicted molar refractivity (Wildman–Crippen MR) is 178 cm³/mol. The Morgan fingerprint density at radius 2 is 1.68 bits per heavy atom.